The predicted octanol–water partition coefficient (Wildman–Crippen LogP) is 1.25. The summed E-state index contributed by atoms with van der Waals surface area (Å²) in [6, 6.07) is 12.1. The molecule has 196 valence electrons. The fraction of sp³-hybridized carbons (Fsp3) is 0.429. The fourth-order valence-corrected chi connectivity index (χ4v) is 5.29. The van der Waals surface area contributed by atoms with Crippen LogP contribution in [-0.2, 0) is 22.7 Å². The van der Waals surface area contributed by atoms with Crippen LogP contribution in [0.25, 0.3) is 0 Å². The van der Waals surface area contributed by atoms with Crippen LogP contribution < -0.4 is 14.8 Å². The van der Waals surface area contributed by atoms with Crippen molar-refractivity contribution >= 4 is 11.8 Å². The molecule has 1 heterocycles. The molecule has 4 N–H and O–H groups in total. The molecule has 2 amide bonds. The van der Waals surface area contributed by atoms with Crippen LogP contribution in [0.2, 0.25) is 0 Å². The summed E-state index contributed by atoms with van der Waals surface area (Å²) in [6.07, 6.45) is 1.29. The number of nitrogens with one attached hydrogen (secondary N) is 1. The third-order valence-electron chi connectivity index (χ3n) is 7.26. The first-order valence-corrected chi connectivity index (χ1v) is 12.6. The van der Waals surface area contributed by atoms with E-state index in [9.17, 15) is 24.9 Å². The van der Waals surface area contributed by atoms with Crippen molar-refractivity contribution in [3.05, 3.63) is 70.8 Å². The number of hydrogen-bond donors (Lipinski definition) is 4. The summed E-state index contributed by atoms with van der Waals surface area (Å²) < 4.78 is 11.7. The average molecular weight is 509 g/mol. The molecule has 1 aliphatic heterocycles. The monoisotopic (exact) mass is 508 g/mol. The number of benzene rings is 2. The largest absolute Gasteiger partial charge is 0.493 e. The summed E-state index contributed by atoms with van der Waals surface area (Å²) >= 11 is 0. The van der Waals surface area contributed by atoms with Crippen molar-refractivity contribution in [3.8, 4) is 11.5 Å². The summed E-state index contributed by atoms with van der Waals surface area (Å²) in [4.78, 5) is 28.5. The molecule has 2 aromatic rings. The van der Waals surface area contributed by atoms with Gasteiger partial charge in [0.2, 0.25) is 11.8 Å². The smallest absolute Gasteiger partial charge is 0.247 e. The highest BCUT2D eigenvalue weighted by Gasteiger charge is 2.52. The molecule has 3 aliphatic rings. The first-order chi connectivity index (χ1) is 18.0. The second-order valence-corrected chi connectivity index (χ2v) is 9.74. The number of aliphatic hydroxyl groups is 3. The molecule has 0 radical (unpaired) electrons. The summed E-state index contributed by atoms with van der Waals surface area (Å²) in [5.41, 5.74) is 2.46. The predicted molar refractivity (Wildman–Crippen MR) is 134 cm³/mol. The van der Waals surface area contributed by atoms with Crippen molar-refractivity contribution in [1.29, 1.82) is 0 Å². The number of aliphatic hydroxyl groups excluding tert-OH is 3. The number of rotatable bonds is 9. The van der Waals surface area contributed by atoms with Crippen molar-refractivity contribution in [2.75, 3.05) is 20.3 Å². The van der Waals surface area contributed by atoms with Crippen LogP contribution in [0.5, 0.6) is 11.5 Å². The highest BCUT2D eigenvalue weighted by Crippen LogP contribution is 2.51. The maximum atomic E-state index is 13.5. The molecule has 1 fully saturated rings. The zero-order chi connectivity index (χ0) is 26.1. The Hall–Kier alpha value is -3.40. The average Bonchev–Trinajstić information content (AvgIpc) is 3.70. The number of amides is 2. The fourth-order valence-electron chi connectivity index (χ4n) is 5.29. The van der Waals surface area contributed by atoms with Gasteiger partial charge >= 0.3 is 0 Å². The Bertz CT molecular complexity index is 1190. The molecule has 9 nitrogen and oxygen atoms in total. The Morgan fingerprint density at radius 2 is 1.89 bits per heavy atom. The number of methoxy groups -OCH3 is 1. The molecule has 1 saturated carbocycles. The van der Waals surface area contributed by atoms with E-state index in [4.69, 9.17) is 9.47 Å². The molecular formula is C28H32N2O7. The van der Waals surface area contributed by atoms with Crippen LogP contribution >= 0.6 is 0 Å². The van der Waals surface area contributed by atoms with Gasteiger partial charge in [0.25, 0.3) is 0 Å². The third-order valence-corrected chi connectivity index (χ3v) is 7.26. The van der Waals surface area contributed by atoms with Gasteiger partial charge in [0.05, 0.1) is 32.3 Å². The summed E-state index contributed by atoms with van der Waals surface area (Å²) in [5.74, 6) is -0.418. The van der Waals surface area contributed by atoms with E-state index in [1.807, 2.05) is 30.3 Å². The lowest BCUT2D eigenvalue weighted by Crippen LogP contribution is -2.55. The Balaban J connectivity index is 1.59. The molecule has 0 spiro atoms. The van der Waals surface area contributed by atoms with E-state index >= 15 is 0 Å². The van der Waals surface area contributed by atoms with E-state index in [0.717, 1.165) is 18.4 Å². The van der Waals surface area contributed by atoms with Gasteiger partial charge in [-0.05, 0) is 42.2 Å². The zero-order valence-electron chi connectivity index (χ0n) is 20.7. The van der Waals surface area contributed by atoms with Gasteiger partial charge in [0, 0.05) is 30.1 Å². The lowest BCUT2D eigenvalue weighted by Gasteiger charge is -2.41. The van der Waals surface area contributed by atoms with Gasteiger partial charge in [0.1, 0.15) is 12.2 Å². The minimum atomic E-state index is -1.12. The van der Waals surface area contributed by atoms with Crippen LogP contribution in [-0.4, -0.2) is 70.5 Å². The second-order valence-electron chi connectivity index (χ2n) is 9.74. The molecule has 2 aromatic carbocycles. The van der Waals surface area contributed by atoms with Crippen molar-refractivity contribution in [1.82, 2.24) is 10.2 Å². The Kier molecular flexibility index (Phi) is 7.19. The third kappa shape index (κ3) is 4.82. The highest BCUT2D eigenvalue weighted by molar-refractivity contribution is 5.96. The molecule has 5 rings (SSSR count). The maximum absolute atomic E-state index is 13.5. The number of carbonyl (C=O) groups is 2. The molecule has 37 heavy (non-hydrogen) atoms. The number of fused-ring (bicyclic) bond motifs is 3. The normalized spacial score (nSPS) is 23.8. The Labute approximate surface area is 215 Å². The number of carbonyl (C=O) groups excluding carboxylic acids is 2. The number of ether oxygens (including phenoxy) is 2. The quantitative estimate of drug-likeness (QED) is 0.401. The molecule has 9 heteroatoms. The molecule has 0 saturated heterocycles. The van der Waals surface area contributed by atoms with E-state index in [1.54, 1.807) is 23.1 Å². The van der Waals surface area contributed by atoms with Crippen LogP contribution in [0.1, 0.15) is 35.4 Å². The molecule has 0 unspecified atom stereocenters. The lowest BCUT2D eigenvalue weighted by molar-refractivity contribution is -0.139. The number of hydrogen-bond acceptors (Lipinski definition) is 7. The second kappa shape index (κ2) is 10.5. The molecule has 0 bridgehead atoms. The Morgan fingerprint density at radius 1 is 1.14 bits per heavy atom. The van der Waals surface area contributed by atoms with E-state index in [2.05, 4.69) is 5.32 Å². The maximum Gasteiger partial charge on any atom is 0.247 e. The van der Waals surface area contributed by atoms with Gasteiger partial charge in [-0.3, -0.25) is 9.59 Å². The van der Waals surface area contributed by atoms with Gasteiger partial charge in [-0.1, -0.05) is 30.3 Å². The standard InChI is InChI=1S/C28H32N2O7/c1-36-22-12-17(15-32)11-19-23-20(27(34)29-9-10-31)13-21(24(33)26(23)37-25(19)22)30(28(35)18-7-8-18)14-16-5-3-2-4-6-16/h2-6,11-13,18,21,23-24,26,31-33H,7-10,14-15H2,1H3,(H,29,34)/t21-,23+,24+,26+/m1/s1. The van der Waals surface area contributed by atoms with Gasteiger partial charge in [-0.25, -0.2) is 0 Å². The van der Waals surface area contributed by atoms with Crippen LogP contribution in [0, 0.1) is 5.92 Å². The minimum Gasteiger partial charge on any atom is -0.493 e. The molecular weight excluding hydrogens is 476 g/mol. The van der Waals surface area contributed by atoms with Crippen LogP contribution in [0.4, 0.5) is 0 Å². The first kappa shape index (κ1) is 25.3. The van der Waals surface area contributed by atoms with Gasteiger partial charge in [-0.15, -0.1) is 0 Å². The number of nitrogens with zero attached hydrogens (tertiary/aromatic N) is 1. The van der Waals surface area contributed by atoms with E-state index < -0.39 is 30.1 Å². The molecule has 4 atom stereocenters. The Morgan fingerprint density at radius 3 is 2.54 bits per heavy atom. The molecule has 2 aliphatic carbocycles. The zero-order valence-corrected chi connectivity index (χ0v) is 20.7. The van der Waals surface area contributed by atoms with Gasteiger partial charge in [0.15, 0.2) is 11.5 Å². The highest BCUT2D eigenvalue weighted by atomic mass is 16.5. The van der Waals surface area contributed by atoms with Crippen molar-refractivity contribution in [3.63, 3.8) is 0 Å². The van der Waals surface area contributed by atoms with Gasteiger partial charge in [-0.2, -0.15) is 0 Å². The van der Waals surface area contributed by atoms with Crippen molar-refractivity contribution < 1.29 is 34.4 Å². The first-order valence-electron chi connectivity index (χ1n) is 12.6. The van der Waals surface area contributed by atoms with E-state index in [1.165, 1.54) is 7.11 Å². The summed E-state index contributed by atoms with van der Waals surface area (Å²) in [6.45, 7) is -0.122. The minimum absolute atomic E-state index is 0.0588. The van der Waals surface area contributed by atoms with Crippen LogP contribution in [0.3, 0.4) is 0 Å². The van der Waals surface area contributed by atoms with Crippen molar-refractivity contribution in [2.24, 2.45) is 5.92 Å². The van der Waals surface area contributed by atoms with Crippen molar-refractivity contribution in [2.45, 2.75) is 50.2 Å². The molecule has 0 aromatic heterocycles. The van der Waals surface area contributed by atoms with E-state index in [0.29, 0.717) is 28.2 Å². The van der Waals surface area contributed by atoms with Gasteiger partial charge < -0.3 is 35.0 Å². The topological polar surface area (TPSA) is 129 Å². The lowest BCUT2D eigenvalue weighted by atomic mass is 9.77. The summed E-state index contributed by atoms with van der Waals surface area (Å²) in [7, 11) is 1.49. The van der Waals surface area contributed by atoms with E-state index in [-0.39, 0.29) is 38.1 Å². The SMILES string of the molecule is COc1cc(CO)cc2c1O[C@@H]1[C@@H](O)[C@H](N(Cc3ccccc3)C(=O)C3CC3)C=C(C(=O)NCCO)[C@H]21. The summed E-state index contributed by atoms with van der Waals surface area (Å²) in [5, 5.41) is 33.4. The van der Waals surface area contributed by atoms with Crippen LogP contribution in [0.15, 0.2) is 54.1 Å².